The third-order valence-electron chi connectivity index (χ3n) is 3.95. The van der Waals surface area contributed by atoms with Gasteiger partial charge >= 0.3 is 6.18 Å². The second kappa shape index (κ2) is 7.23. The highest BCUT2D eigenvalue weighted by atomic mass is 19.4. The van der Waals surface area contributed by atoms with Crippen molar-refractivity contribution in [3.63, 3.8) is 0 Å². The number of anilines is 2. The number of alkyl halides is 5. The number of hydrogen-bond acceptors (Lipinski definition) is 3. The predicted octanol–water partition coefficient (Wildman–Crippen LogP) is 4.45. The van der Waals surface area contributed by atoms with E-state index in [1.807, 2.05) is 0 Å². The van der Waals surface area contributed by atoms with Gasteiger partial charge in [0, 0.05) is 12.1 Å². The van der Waals surface area contributed by atoms with Crippen LogP contribution in [0.5, 0.6) is 5.75 Å². The van der Waals surface area contributed by atoms with Gasteiger partial charge < -0.3 is 15.8 Å². The van der Waals surface area contributed by atoms with Gasteiger partial charge in [-0.25, -0.2) is 8.78 Å². The fraction of sp³-hybridized carbons (Fsp3) is 0.600. The third kappa shape index (κ3) is 5.14. The van der Waals surface area contributed by atoms with Crippen LogP contribution in [0.1, 0.15) is 25.7 Å². The molecule has 0 unspecified atom stereocenters. The summed E-state index contributed by atoms with van der Waals surface area (Å²) in [5, 5.41) is 3.09. The molecule has 1 aromatic rings. The summed E-state index contributed by atoms with van der Waals surface area (Å²) in [7, 11) is 0. The van der Waals surface area contributed by atoms with E-state index in [0.717, 1.165) is 0 Å². The van der Waals surface area contributed by atoms with Crippen LogP contribution in [0.2, 0.25) is 0 Å². The lowest BCUT2D eigenvalue weighted by atomic mass is 9.85. The van der Waals surface area contributed by atoms with Crippen LogP contribution in [0.3, 0.4) is 0 Å². The number of benzene rings is 1. The van der Waals surface area contributed by atoms with E-state index >= 15 is 0 Å². The van der Waals surface area contributed by atoms with Gasteiger partial charge in [-0.3, -0.25) is 0 Å². The van der Waals surface area contributed by atoms with E-state index in [9.17, 15) is 22.0 Å². The van der Waals surface area contributed by atoms with Crippen LogP contribution in [-0.2, 0) is 0 Å². The van der Waals surface area contributed by atoms with Gasteiger partial charge in [-0.15, -0.1) is 0 Å². The van der Waals surface area contributed by atoms with Gasteiger partial charge in [0.05, 0.1) is 17.3 Å². The zero-order valence-corrected chi connectivity index (χ0v) is 12.4. The monoisotopic (exact) mass is 338 g/mol. The second-order valence-electron chi connectivity index (χ2n) is 5.69. The molecule has 0 aliphatic heterocycles. The van der Waals surface area contributed by atoms with Crippen LogP contribution in [0.25, 0.3) is 0 Å². The Bertz CT molecular complexity index is 513. The van der Waals surface area contributed by atoms with E-state index < -0.39 is 25.1 Å². The molecule has 0 spiro atoms. The molecule has 1 aliphatic carbocycles. The van der Waals surface area contributed by atoms with Crippen molar-refractivity contribution in [1.82, 2.24) is 0 Å². The molecule has 0 atom stereocenters. The molecule has 23 heavy (non-hydrogen) atoms. The maximum absolute atomic E-state index is 12.6. The third-order valence-corrected chi connectivity index (χ3v) is 3.95. The highest BCUT2D eigenvalue weighted by Gasteiger charge is 2.41. The zero-order chi connectivity index (χ0) is 17.0. The Balaban J connectivity index is 1.94. The Morgan fingerprint density at radius 3 is 2.39 bits per heavy atom. The minimum absolute atomic E-state index is 0.0721. The molecule has 1 saturated carbocycles. The van der Waals surface area contributed by atoms with Crippen molar-refractivity contribution in [2.24, 2.45) is 5.92 Å². The van der Waals surface area contributed by atoms with Crippen molar-refractivity contribution in [1.29, 1.82) is 0 Å². The second-order valence-corrected chi connectivity index (χ2v) is 5.69. The van der Waals surface area contributed by atoms with E-state index in [1.54, 1.807) is 0 Å². The molecule has 0 saturated heterocycles. The van der Waals surface area contributed by atoms with Gasteiger partial charge in [-0.1, -0.05) is 0 Å². The zero-order valence-electron chi connectivity index (χ0n) is 12.4. The normalized spacial score (nSPS) is 22.2. The van der Waals surface area contributed by atoms with Gasteiger partial charge in [0.15, 0.2) is 0 Å². The van der Waals surface area contributed by atoms with Crippen LogP contribution in [0.4, 0.5) is 33.3 Å². The van der Waals surface area contributed by atoms with Gasteiger partial charge in [0.25, 0.3) is 6.43 Å². The Morgan fingerprint density at radius 2 is 1.83 bits per heavy atom. The number of rotatable bonds is 5. The van der Waals surface area contributed by atoms with Gasteiger partial charge in [0.1, 0.15) is 12.4 Å². The molecular formula is C15H19F5N2O. The average molecular weight is 338 g/mol. The largest absolute Gasteiger partial charge is 0.488 e. The summed E-state index contributed by atoms with van der Waals surface area (Å²) in [6.07, 6.45) is -5.82. The SMILES string of the molecule is Nc1ccc(OCC(F)F)cc1NC1CCC(C(F)(F)F)CC1. The molecule has 1 aliphatic rings. The van der Waals surface area contributed by atoms with Crippen LogP contribution in [0.15, 0.2) is 18.2 Å². The van der Waals surface area contributed by atoms with Crippen LogP contribution < -0.4 is 15.8 Å². The van der Waals surface area contributed by atoms with Crippen LogP contribution in [-0.4, -0.2) is 25.3 Å². The highest BCUT2D eigenvalue weighted by molar-refractivity contribution is 5.68. The van der Waals surface area contributed by atoms with Gasteiger partial charge in [0.2, 0.25) is 0 Å². The Hall–Kier alpha value is -1.73. The first-order chi connectivity index (χ1) is 10.8. The average Bonchev–Trinajstić information content (AvgIpc) is 2.47. The molecule has 0 aromatic heterocycles. The van der Waals surface area contributed by atoms with Crippen molar-refractivity contribution >= 4 is 11.4 Å². The highest BCUT2D eigenvalue weighted by Crippen LogP contribution is 2.38. The van der Waals surface area contributed by atoms with Crippen molar-refractivity contribution in [3.05, 3.63) is 18.2 Å². The molecule has 0 bridgehead atoms. The molecule has 1 aromatic carbocycles. The molecular weight excluding hydrogens is 319 g/mol. The number of nitrogen functional groups attached to an aromatic ring is 1. The van der Waals surface area contributed by atoms with E-state index in [4.69, 9.17) is 10.5 Å². The summed E-state index contributed by atoms with van der Waals surface area (Å²) < 4.78 is 67.1. The lowest BCUT2D eigenvalue weighted by Crippen LogP contribution is -2.33. The minimum Gasteiger partial charge on any atom is -0.488 e. The molecule has 3 N–H and O–H groups in total. The predicted molar refractivity (Wildman–Crippen MR) is 77.8 cm³/mol. The van der Waals surface area contributed by atoms with Gasteiger partial charge in [-0.2, -0.15) is 13.2 Å². The summed E-state index contributed by atoms with van der Waals surface area (Å²) in [6, 6.07) is 4.36. The van der Waals surface area contributed by atoms with Crippen molar-refractivity contribution in [3.8, 4) is 5.75 Å². The molecule has 0 heterocycles. The van der Waals surface area contributed by atoms with Crippen molar-refractivity contribution in [2.75, 3.05) is 17.7 Å². The van der Waals surface area contributed by atoms with E-state index in [2.05, 4.69) is 5.32 Å². The van der Waals surface area contributed by atoms with E-state index in [1.165, 1.54) is 18.2 Å². The Labute approximate surface area is 131 Å². The number of nitrogens with two attached hydrogens (primary N) is 1. The molecule has 3 nitrogen and oxygen atoms in total. The number of hydrogen-bond donors (Lipinski definition) is 2. The fourth-order valence-electron chi connectivity index (χ4n) is 2.69. The first-order valence-corrected chi connectivity index (χ1v) is 7.39. The minimum atomic E-state index is -4.15. The molecule has 2 rings (SSSR count). The quantitative estimate of drug-likeness (QED) is 0.616. The standard InChI is InChI=1S/C15H19F5N2O/c16-14(17)8-23-11-5-6-12(21)13(7-11)22-10-3-1-9(2-4-10)15(18,19)20/h5-7,9-10,14,22H,1-4,8,21H2. The van der Waals surface area contributed by atoms with Crippen LogP contribution in [0, 0.1) is 5.92 Å². The number of nitrogens with one attached hydrogen (secondary N) is 1. The smallest absolute Gasteiger partial charge is 0.391 e. The van der Waals surface area contributed by atoms with E-state index in [-0.39, 0.29) is 24.6 Å². The Morgan fingerprint density at radius 1 is 1.17 bits per heavy atom. The lowest BCUT2D eigenvalue weighted by Gasteiger charge is -2.31. The first kappa shape index (κ1) is 17.6. The fourth-order valence-corrected chi connectivity index (χ4v) is 2.69. The summed E-state index contributed by atoms with van der Waals surface area (Å²) in [5.74, 6) is -1.01. The first-order valence-electron chi connectivity index (χ1n) is 7.39. The molecule has 0 amide bonds. The summed E-state index contributed by atoms with van der Waals surface area (Å²) in [5.41, 5.74) is 6.70. The summed E-state index contributed by atoms with van der Waals surface area (Å²) >= 11 is 0. The molecule has 8 heteroatoms. The van der Waals surface area contributed by atoms with Crippen molar-refractivity contribution in [2.45, 2.75) is 44.3 Å². The Kier molecular flexibility index (Phi) is 5.54. The van der Waals surface area contributed by atoms with E-state index in [0.29, 0.717) is 24.2 Å². The van der Waals surface area contributed by atoms with Crippen LogP contribution >= 0.6 is 0 Å². The molecule has 0 radical (unpaired) electrons. The summed E-state index contributed by atoms with van der Waals surface area (Å²) in [6.45, 7) is -0.722. The maximum atomic E-state index is 12.6. The number of ether oxygens (including phenoxy) is 1. The maximum Gasteiger partial charge on any atom is 0.391 e. The summed E-state index contributed by atoms with van der Waals surface area (Å²) in [4.78, 5) is 0. The van der Waals surface area contributed by atoms with Crippen molar-refractivity contribution < 1.29 is 26.7 Å². The lowest BCUT2D eigenvalue weighted by molar-refractivity contribution is -0.182. The molecule has 1 fully saturated rings. The molecule has 130 valence electrons. The number of halogens is 5. The topological polar surface area (TPSA) is 47.3 Å². The van der Waals surface area contributed by atoms with Gasteiger partial charge in [-0.05, 0) is 37.8 Å².